The monoisotopic (exact) mass is 635 g/mol. The summed E-state index contributed by atoms with van der Waals surface area (Å²) in [5.41, 5.74) is 1.31. The molecule has 3 rings (SSSR count). The van der Waals surface area contributed by atoms with Crippen LogP contribution in [0, 0.1) is 5.82 Å². The van der Waals surface area contributed by atoms with E-state index in [0.717, 1.165) is 16.1 Å². The molecule has 3 aromatic rings. The summed E-state index contributed by atoms with van der Waals surface area (Å²) in [6, 6.07) is 18.9. The Kier molecular flexibility index (Phi) is 12.2. The molecular weight excluding hydrogens is 600 g/mol. The lowest BCUT2D eigenvalue weighted by Gasteiger charge is -2.33. The van der Waals surface area contributed by atoms with Gasteiger partial charge >= 0.3 is 0 Å². The Morgan fingerprint density at radius 3 is 2.31 bits per heavy atom. The highest BCUT2D eigenvalue weighted by Crippen LogP contribution is 2.31. The molecular formula is C31H36Cl2FN3O4S. The highest BCUT2D eigenvalue weighted by molar-refractivity contribution is 7.92. The molecule has 0 aliphatic carbocycles. The minimum atomic E-state index is -3.76. The van der Waals surface area contributed by atoms with Gasteiger partial charge in [0.1, 0.15) is 11.9 Å². The third-order valence-corrected chi connectivity index (χ3v) is 8.63. The maximum atomic E-state index is 14.8. The smallest absolute Gasteiger partial charge is 0.243 e. The molecule has 0 saturated carbocycles. The number of carbonyl (C=O) groups excluding carboxylic acids is 2. The van der Waals surface area contributed by atoms with Crippen molar-refractivity contribution in [2.24, 2.45) is 0 Å². The fourth-order valence-corrected chi connectivity index (χ4v) is 5.87. The van der Waals surface area contributed by atoms with Crippen LogP contribution in [0.4, 0.5) is 10.1 Å². The van der Waals surface area contributed by atoms with E-state index in [-0.39, 0.29) is 60.6 Å². The van der Waals surface area contributed by atoms with Gasteiger partial charge in [0, 0.05) is 42.6 Å². The minimum Gasteiger partial charge on any atom is -0.352 e. The SMILES string of the molecule is CC[C@@H](C)NC(=O)[C@@H](Cc1ccccc1)N(Cc1ccccc1F)C(=O)CCCN(c1cc(Cl)ccc1Cl)S(C)(=O)=O. The van der Waals surface area contributed by atoms with Crippen molar-refractivity contribution in [1.29, 1.82) is 0 Å². The topological polar surface area (TPSA) is 86.8 Å². The quantitative estimate of drug-likeness (QED) is 0.227. The van der Waals surface area contributed by atoms with Gasteiger partial charge in [-0.25, -0.2) is 12.8 Å². The van der Waals surface area contributed by atoms with Crippen LogP contribution in [0.1, 0.15) is 44.2 Å². The molecule has 0 saturated heterocycles. The van der Waals surface area contributed by atoms with Crippen LogP contribution in [-0.2, 0) is 32.6 Å². The minimum absolute atomic E-state index is 0.0550. The van der Waals surface area contributed by atoms with E-state index in [0.29, 0.717) is 11.4 Å². The Labute approximate surface area is 257 Å². The first-order valence-electron chi connectivity index (χ1n) is 13.7. The van der Waals surface area contributed by atoms with E-state index in [1.54, 1.807) is 24.3 Å². The predicted molar refractivity (Wildman–Crippen MR) is 167 cm³/mol. The summed E-state index contributed by atoms with van der Waals surface area (Å²) in [7, 11) is -3.76. The average Bonchev–Trinajstić information content (AvgIpc) is 2.95. The van der Waals surface area contributed by atoms with Crippen molar-refractivity contribution in [1.82, 2.24) is 10.2 Å². The van der Waals surface area contributed by atoms with E-state index in [1.807, 2.05) is 44.2 Å². The van der Waals surface area contributed by atoms with Crippen LogP contribution in [-0.4, -0.2) is 50.0 Å². The second-order valence-corrected chi connectivity index (χ2v) is 12.9. The molecule has 0 aliphatic heterocycles. The lowest BCUT2D eigenvalue weighted by molar-refractivity contribution is -0.141. The van der Waals surface area contributed by atoms with Gasteiger partial charge in [-0.3, -0.25) is 13.9 Å². The zero-order valence-corrected chi connectivity index (χ0v) is 26.2. The number of carbonyl (C=O) groups is 2. The first-order chi connectivity index (χ1) is 19.9. The summed E-state index contributed by atoms with van der Waals surface area (Å²) >= 11 is 12.4. The molecule has 11 heteroatoms. The van der Waals surface area contributed by atoms with Gasteiger partial charge in [-0.2, -0.15) is 0 Å². The molecule has 0 bridgehead atoms. The van der Waals surface area contributed by atoms with Gasteiger partial charge in [-0.15, -0.1) is 0 Å². The van der Waals surface area contributed by atoms with Gasteiger partial charge < -0.3 is 10.2 Å². The van der Waals surface area contributed by atoms with E-state index >= 15 is 0 Å². The summed E-state index contributed by atoms with van der Waals surface area (Å²) < 4.78 is 41.2. The molecule has 2 amide bonds. The Balaban J connectivity index is 1.92. The largest absolute Gasteiger partial charge is 0.352 e. The second kappa shape index (κ2) is 15.4. The Hall–Kier alpha value is -3.14. The number of nitrogens with one attached hydrogen (secondary N) is 1. The number of sulfonamides is 1. The highest BCUT2D eigenvalue weighted by atomic mass is 35.5. The number of rotatable bonds is 14. The van der Waals surface area contributed by atoms with Gasteiger partial charge in [0.25, 0.3) is 0 Å². The van der Waals surface area contributed by atoms with Gasteiger partial charge in [-0.05, 0) is 49.6 Å². The zero-order valence-electron chi connectivity index (χ0n) is 23.9. The maximum Gasteiger partial charge on any atom is 0.243 e. The standard InChI is InChI=1S/C31H36Cl2FN3O4S/c1-4-22(2)35-31(39)29(19-23-11-6-5-7-12-23)36(21-24-13-8-9-14-27(24)34)30(38)15-10-18-37(42(3,40)41)28-20-25(32)16-17-26(28)33/h5-9,11-14,16-17,20,22,29H,4,10,15,18-19,21H2,1-3H3,(H,35,39)/t22-,29-/m1/s1. The molecule has 0 unspecified atom stereocenters. The van der Waals surface area contributed by atoms with Gasteiger partial charge in [-0.1, -0.05) is 78.7 Å². The normalized spacial score (nSPS) is 12.8. The van der Waals surface area contributed by atoms with Crippen molar-refractivity contribution in [3.63, 3.8) is 0 Å². The number of hydrogen-bond donors (Lipinski definition) is 1. The fourth-order valence-electron chi connectivity index (χ4n) is 4.46. The van der Waals surface area contributed by atoms with Gasteiger partial charge in [0.2, 0.25) is 21.8 Å². The third kappa shape index (κ3) is 9.44. The van der Waals surface area contributed by atoms with E-state index < -0.39 is 27.8 Å². The summed E-state index contributed by atoms with van der Waals surface area (Å²) in [6.07, 6.45) is 1.98. The van der Waals surface area contributed by atoms with Crippen LogP contribution in [0.5, 0.6) is 0 Å². The molecule has 0 spiro atoms. The summed E-state index contributed by atoms with van der Waals surface area (Å²) in [5, 5.41) is 3.48. The van der Waals surface area contributed by atoms with Gasteiger partial charge in [0.05, 0.1) is 17.0 Å². The maximum absolute atomic E-state index is 14.8. The molecule has 2 atom stereocenters. The van der Waals surface area contributed by atoms with E-state index in [1.165, 1.54) is 23.1 Å². The second-order valence-electron chi connectivity index (χ2n) is 10.2. The van der Waals surface area contributed by atoms with Crippen LogP contribution in [0.2, 0.25) is 10.0 Å². The molecule has 0 radical (unpaired) electrons. The lowest BCUT2D eigenvalue weighted by atomic mass is 10.0. The number of nitrogens with zero attached hydrogens (tertiary/aromatic N) is 2. The summed E-state index contributed by atoms with van der Waals surface area (Å²) in [4.78, 5) is 28.8. The van der Waals surface area contributed by atoms with E-state index in [9.17, 15) is 22.4 Å². The number of amides is 2. The lowest BCUT2D eigenvalue weighted by Crippen LogP contribution is -2.52. The average molecular weight is 637 g/mol. The van der Waals surface area contributed by atoms with Crippen molar-refractivity contribution in [3.05, 3.63) is 99.8 Å². The first-order valence-corrected chi connectivity index (χ1v) is 16.3. The molecule has 1 N–H and O–H groups in total. The van der Waals surface area contributed by atoms with Crippen LogP contribution >= 0.6 is 23.2 Å². The molecule has 7 nitrogen and oxygen atoms in total. The van der Waals surface area contributed by atoms with E-state index in [4.69, 9.17) is 23.2 Å². The van der Waals surface area contributed by atoms with E-state index in [2.05, 4.69) is 5.32 Å². The zero-order chi connectivity index (χ0) is 30.9. The first kappa shape index (κ1) is 33.4. The Bertz CT molecular complexity index is 1470. The molecule has 0 aromatic heterocycles. The number of halogens is 3. The molecule has 42 heavy (non-hydrogen) atoms. The highest BCUT2D eigenvalue weighted by Gasteiger charge is 2.31. The van der Waals surface area contributed by atoms with Crippen molar-refractivity contribution in [2.45, 2.75) is 58.2 Å². The number of benzene rings is 3. The van der Waals surface area contributed by atoms with Crippen molar-refractivity contribution >= 4 is 50.7 Å². The van der Waals surface area contributed by atoms with Crippen LogP contribution in [0.3, 0.4) is 0 Å². The Morgan fingerprint density at radius 1 is 1.00 bits per heavy atom. The number of anilines is 1. The van der Waals surface area contributed by atoms with Crippen LogP contribution in [0.15, 0.2) is 72.8 Å². The fraction of sp³-hybridized carbons (Fsp3) is 0.355. The molecule has 0 fully saturated rings. The van der Waals surface area contributed by atoms with Crippen molar-refractivity contribution in [3.8, 4) is 0 Å². The summed E-state index contributed by atoms with van der Waals surface area (Å²) in [5.74, 6) is -1.25. The number of hydrogen-bond acceptors (Lipinski definition) is 4. The molecule has 226 valence electrons. The Morgan fingerprint density at radius 2 is 1.67 bits per heavy atom. The molecule has 3 aromatic carbocycles. The van der Waals surface area contributed by atoms with Gasteiger partial charge in [0.15, 0.2) is 0 Å². The third-order valence-electron chi connectivity index (χ3n) is 6.90. The molecule has 0 heterocycles. The molecule has 0 aliphatic rings. The van der Waals surface area contributed by atoms with Crippen LogP contribution in [0.25, 0.3) is 0 Å². The van der Waals surface area contributed by atoms with Crippen molar-refractivity contribution < 1.29 is 22.4 Å². The van der Waals surface area contributed by atoms with Crippen molar-refractivity contribution in [2.75, 3.05) is 17.1 Å². The predicted octanol–water partition coefficient (Wildman–Crippen LogP) is 6.23. The summed E-state index contributed by atoms with van der Waals surface area (Å²) in [6.45, 7) is 3.63. The van der Waals surface area contributed by atoms with Crippen LogP contribution < -0.4 is 9.62 Å².